The molecule has 6 nitrogen and oxygen atoms in total. The standard InChI is InChI=1S/C26H36N4O2/c1-26(2,3)32-23-13-9-8-12-22(23)18-29-25(27-4)28-17-21-16-24(31)30(19-21)15-14-20-10-6-5-7-11-20/h5-13,21H,14-19H2,1-4H3,(H2,27,28,29). The molecule has 2 N–H and O–H groups in total. The smallest absolute Gasteiger partial charge is 0.223 e. The van der Waals surface area contributed by atoms with Crippen molar-refractivity contribution < 1.29 is 9.53 Å². The molecular formula is C26H36N4O2. The molecule has 1 atom stereocenters. The Balaban J connectivity index is 1.45. The molecule has 0 aromatic heterocycles. The summed E-state index contributed by atoms with van der Waals surface area (Å²) >= 11 is 0. The van der Waals surface area contributed by atoms with E-state index >= 15 is 0 Å². The number of amides is 1. The molecule has 1 heterocycles. The third kappa shape index (κ3) is 7.29. The number of nitrogens with zero attached hydrogens (tertiary/aromatic N) is 2. The van der Waals surface area contributed by atoms with Crippen molar-refractivity contribution in [2.24, 2.45) is 10.9 Å². The summed E-state index contributed by atoms with van der Waals surface area (Å²) in [6.07, 6.45) is 1.48. The van der Waals surface area contributed by atoms with E-state index in [2.05, 4.69) is 33.8 Å². The molecule has 1 aliphatic heterocycles. The topological polar surface area (TPSA) is 66.0 Å². The van der Waals surface area contributed by atoms with E-state index in [1.165, 1.54) is 5.56 Å². The van der Waals surface area contributed by atoms with Gasteiger partial charge in [0.1, 0.15) is 11.4 Å². The van der Waals surface area contributed by atoms with Crippen LogP contribution in [0.15, 0.2) is 59.6 Å². The summed E-state index contributed by atoms with van der Waals surface area (Å²) in [7, 11) is 1.76. The van der Waals surface area contributed by atoms with Crippen molar-refractivity contribution in [2.75, 3.05) is 26.7 Å². The van der Waals surface area contributed by atoms with Gasteiger partial charge < -0.3 is 20.3 Å². The van der Waals surface area contributed by atoms with E-state index in [9.17, 15) is 4.79 Å². The van der Waals surface area contributed by atoms with Gasteiger partial charge in [-0.2, -0.15) is 0 Å². The molecule has 0 bridgehead atoms. The predicted molar refractivity (Wildman–Crippen MR) is 130 cm³/mol. The monoisotopic (exact) mass is 436 g/mol. The average molecular weight is 437 g/mol. The number of aliphatic imine (C=N–C) groups is 1. The van der Waals surface area contributed by atoms with Gasteiger partial charge in [-0.25, -0.2) is 0 Å². The zero-order chi connectivity index (χ0) is 23.0. The molecule has 1 aliphatic rings. The Kier molecular flexibility index (Phi) is 8.14. The van der Waals surface area contributed by atoms with E-state index in [0.29, 0.717) is 19.5 Å². The number of likely N-dealkylation sites (tertiary alicyclic amines) is 1. The van der Waals surface area contributed by atoms with Gasteiger partial charge in [-0.05, 0) is 38.8 Å². The number of guanidine groups is 1. The molecule has 0 aliphatic carbocycles. The number of rotatable bonds is 8. The first-order chi connectivity index (χ1) is 15.3. The first-order valence-corrected chi connectivity index (χ1v) is 11.4. The fraction of sp³-hybridized carbons (Fsp3) is 0.462. The number of nitrogens with one attached hydrogen (secondary N) is 2. The Hall–Kier alpha value is -3.02. The minimum absolute atomic E-state index is 0.240. The molecule has 0 radical (unpaired) electrons. The Morgan fingerprint density at radius 2 is 1.81 bits per heavy atom. The quantitative estimate of drug-likeness (QED) is 0.490. The predicted octanol–water partition coefficient (Wildman–Crippen LogP) is 3.62. The van der Waals surface area contributed by atoms with E-state index in [1.54, 1.807) is 7.05 Å². The lowest BCUT2D eigenvalue weighted by Crippen LogP contribution is -2.40. The maximum absolute atomic E-state index is 12.4. The zero-order valence-electron chi connectivity index (χ0n) is 19.7. The average Bonchev–Trinajstić information content (AvgIpc) is 3.12. The molecule has 1 saturated heterocycles. The van der Waals surface area contributed by atoms with Crippen LogP contribution in [0.5, 0.6) is 5.75 Å². The Bertz CT molecular complexity index is 906. The van der Waals surface area contributed by atoms with Gasteiger partial charge in [-0.1, -0.05) is 48.5 Å². The highest BCUT2D eigenvalue weighted by atomic mass is 16.5. The number of carbonyl (C=O) groups excluding carboxylic acids is 1. The number of para-hydroxylation sites is 1. The third-order valence-electron chi connectivity index (χ3n) is 5.42. The number of hydrogen-bond donors (Lipinski definition) is 2. The first-order valence-electron chi connectivity index (χ1n) is 11.4. The minimum Gasteiger partial charge on any atom is -0.488 e. The van der Waals surface area contributed by atoms with Gasteiger partial charge in [0.2, 0.25) is 5.91 Å². The third-order valence-corrected chi connectivity index (χ3v) is 5.42. The van der Waals surface area contributed by atoms with E-state index in [4.69, 9.17) is 4.74 Å². The number of hydrogen-bond acceptors (Lipinski definition) is 3. The van der Waals surface area contributed by atoms with Crippen molar-refractivity contribution in [3.63, 3.8) is 0 Å². The number of carbonyl (C=O) groups is 1. The van der Waals surface area contributed by atoms with Crippen molar-refractivity contribution in [1.29, 1.82) is 0 Å². The summed E-state index contributed by atoms with van der Waals surface area (Å²) in [5, 5.41) is 6.75. The molecule has 6 heteroatoms. The van der Waals surface area contributed by atoms with Gasteiger partial charge in [-0.15, -0.1) is 0 Å². The van der Waals surface area contributed by atoms with Gasteiger partial charge in [0, 0.05) is 51.1 Å². The van der Waals surface area contributed by atoms with Crippen molar-refractivity contribution in [3.05, 3.63) is 65.7 Å². The largest absolute Gasteiger partial charge is 0.488 e. The summed E-state index contributed by atoms with van der Waals surface area (Å²) in [4.78, 5) is 18.7. The molecular weight excluding hydrogens is 400 g/mol. The van der Waals surface area contributed by atoms with Gasteiger partial charge >= 0.3 is 0 Å². The van der Waals surface area contributed by atoms with E-state index in [0.717, 1.165) is 36.8 Å². The molecule has 32 heavy (non-hydrogen) atoms. The summed E-state index contributed by atoms with van der Waals surface area (Å²) in [5.41, 5.74) is 2.09. The molecule has 2 aromatic rings. The Morgan fingerprint density at radius 3 is 2.53 bits per heavy atom. The molecule has 172 valence electrons. The Morgan fingerprint density at radius 1 is 1.09 bits per heavy atom. The van der Waals surface area contributed by atoms with Crippen molar-refractivity contribution in [2.45, 2.75) is 45.8 Å². The SMILES string of the molecule is CN=C(NCc1ccccc1OC(C)(C)C)NCC1CC(=O)N(CCc2ccccc2)C1. The second kappa shape index (κ2) is 11.0. The number of benzene rings is 2. The normalized spacial score (nSPS) is 16.9. The Labute approximate surface area is 192 Å². The van der Waals surface area contributed by atoms with Gasteiger partial charge in [0.15, 0.2) is 5.96 Å². The van der Waals surface area contributed by atoms with E-state index in [1.807, 2.05) is 62.1 Å². The van der Waals surface area contributed by atoms with Crippen LogP contribution >= 0.6 is 0 Å². The maximum Gasteiger partial charge on any atom is 0.223 e. The molecule has 2 aromatic carbocycles. The molecule has 1 fully saturated rings. The van der Waals surface area contributed by atoms with Crippen LogP contribution in [0, 0.1) is 5.92 Å². The van der Waals surface area contributed by atoms with Crippen molar-refractivity contribution in [3.8, 4) is 5.75 Å². The van der Waals surface area contributed by atoms with Crippen LogP contribution in [0.1, 0.15) is 38.3 Å². The van der Waals surface area contributed by atoms with Crippen molar-refractivity contribution >= 4 is 11.9 Å². The second-order valence-corrected chi connectivity index (χ2v) is 9.27. The molecule has 1 amide bonds. The lowest BCUT2D eigenvalue weighted by molar-refractivity contribution is -0.127. The van der Waals surface area contributed by atoms with Gasteiger partial charge in [0.05, 0.1) is 0 Å². The lowest BCUT2D eigenvalue weighted by atomic mass is 10.1. The van der Waals surface area contributed by atoms with Crippen LogP contribution < -0.4 is 15.4 Å². The zero-order valence-corrected chi connectivity index (χ0v) is 19.7. The number of ether oxygens (including phenoxy) is 1. The second-order valence-electron chi connectivity index (χ2n) is 9.27. The summed E-state index contributed by atoms with van der Waals surface area (Å²) in [5.74, 6) is 2.13. The summed E-state index contributed by atoms with van der Waals surface area (Å²) in [6, 6.07) is 18.4. The van der Waals surface area contributed by atoms with Gasteiger partial charge in [0.25, 0.3) is 0 Å². The summed E-state index contributed by atoms with van der Waals surface area (Å²) < 4.78 is 6.08. The van der Waals surface area contributed by atoms with Crippen LogP contribution in [-0.2, 0) is 17.8 Å². The molecule has 0 saturated carbocycles. The van der Waals surface area contributed by atoms with Crippen molar-refractivity contribution in [1.82, 2.24) is 15.5 Å². The minimum atomic E-state index is -0.253. The highest BCUT2D eigenvalue weighted by Crippen LogP contribution is 2.23. The summed E-state index contributed by atoms with van der Waals surface area (Å²) in [6.45, 7) is 9.03. The fourth-order valence-corrected chi connectivity index (χ4v) is 3.84. The van der Waals surface area contributed by atoms with Gasteiger partial charge in [-0.3, -0.25) is 9.79 Å². The van der Waals surface area contributed by atoms with Crippen LogP contribution in [0.25, 0.3) is 0 Å². The molecule has 3 rings (SSSR count). The fourth-order valence-electron chi connectivity index (χ4n) is 3.84. The molecule has 0 spiro atoms. The van der Waals surface area contributed by atoms with Crippen LogP contribution in [-0.4, -0.2) is 49.0 Å². The highest BCUT2D eigenvalue weighted by molar-refractivity contribution is 5.81. The van der Waals surface area contributed by atoms with Crippen LogP contribution in [0.4, 0.5) is 0 Å². The lowest BCUT2D eigenvalue weighted by Gasteiger charge is -2.23. The van der Waals surface area contributed by atoms with E-state index < -0.39 is 0 Å². The maximum atomic E-state index is 12.4. The van der Waals surface area contributed by atoms with E-state index in [-0.39, 0.29) is 17.4 Å². The molecule has 1 unspecified atom stereocenters. The highest BCUT2D eigenvalue weighted by Gasteiger charge is 2.29. The van der Waals surface area contributed by atoms with Crippen LogP contribution in [0.2, 0.25) is 0 Å². The first kappa shape index (κ1) is 23.6. The van der Waals surface area contributed by atoms with Crippen LogP contribution in [0.3, 0.4) is 0 Å².